The molecule has 108 valence electrons. The van der Waals surface area contributed by atoms with Crippen LogP contribution in [0.15, 0.2) is 12.1 Å². The molecule has 0 fully saturated rings. The Bertz CT molecular complexity index is 416. The van der Waals surface area contributed by atoms with Crippen LogP contribution in [0.2, 0.25) is 0 Å². The van der Waals surface area contributed by atoms with Crippen molar-refractivity contribution in [1.82, 2.24) is 4.90 Å². The molecule has 1 aromatic carbocycles. The van der Waals surface area contributed by atoms with E-state index in [9.17, 15) is 4.39 Å². The summed E-state index contributed by atoms with van der Waals surface area (Å²) < 4.78 is 13.5. The van der Waals surface area contributed by atoms with Gasteiger partial charge in [-0.3, -0.25) is 0 Å². The first-order valence-corrected chi connectivity index (χ1v) is 6.76. The molecule has 2 N–H and O–H groups in total. The lowest BCUT2D eigenvalue weighted by atomic mass is 10.1. The minimum absolute atomic E-state index is 0.238. The lowest BCUT2D eigenvalue weighted by Crippen LogP contribution is -2.35. The Balaban J connectivity index is 2.99. The summed E-state index contributed by atoms with van der Waals surface area (Å²) in [5.74, 6) is 0.297. The summed E-state index contributed by atoms with van der Waals surface area (Å²) >= 11 is 0. The zero-order valence-corrected chi connectivity index (χ0v) is 12.7. The molecule has 0 aliphatic heterocycles. The molecule has 0 aliphatic rings. The molecule has 4 heteroatoms. The second-order valence-electron chi connectivity index (χ2n) is 5.80. The van der Waals surface area contributed by atoms with Crippen molar-refractivity contribution in [1.29, 1.82) is 0 Å². The second-order valence-corrected chi connectivity index (χ2v) is 5.80. The first-order valence-electron chi connectivity index (χ1n) is 6.76. The Hall–Kier alpha value is -1.29. The molecule has 0 aromatic heterocycles. The standard InChI is InChI=1S/C15H26FN3/c1-11(2)10-19(7-6-18(4)5)15-8-12(3)13(16)9-14(15)17/h8-9,11H,6-7,10,17H2,1-5H3. The molecule has 0 spiro atoms. The molecule has 0 aliphatic carbocycles. The molecule has 0 radical (unpaired) electrons. The minimum atomic E-state index is -0.238. The fraction of sp³-hybridized carbons (Fsp3) is 0.600. The topological polar surface area (TPSA) is 32.5 Å². The Morgan fingerprint density at radius 1 is 1.21 bits per heavy atom. The van der Waals surface area contributed by atoms with Crippen molar-refractivity contribution < 1.29 is 4.39 Å². The van der Waals surface area contributed by atoms with E-state index in [0.29, 0.717) is 17.2 Å². The van der Waals surface area contributed by atoms with Crippen LogP contribution in [0.4, 0.5) is 15.8 Å². The summed E-state index contributed by atoms with van der Waals surface area (Å²) in [4.78, 5) is 4.38. The van der Waals surface area contributed by atoms with Gasteiger partial charge in [-0.2, -0.15) is 0 Å². The van der Waals surface area contributed by atoms with Gasteiger partial charge in [0, 0.05) is 19.6 Å². The van der Waals surface area contributed by atoms with Gasteiger partial charge in [0.1, 0.15) is 5.82 Å². The number of halogens is 1. The smallest absolute Gasteiger partial charge is 0.128 e. The summed E-state index contributed by atoms with van der Waals surface area (Å²) in [7, 11) is 4.10. The lowest BCUT2D eigenvalue weighted by Gasteiger charge is -2.29. The lowest BCUT2D eigenvalue weighted by molar-refractivity contribution is 0.409. The van der Waals surface area contributed by atoms with Crippen LogP contribution in [-0.2, 0) is 0 Å². The maximum atomic E-state index is 13.5. The van der Waals surface area contributed by atoms with Crippen molar-refractivity contribution in [3.63, 3.8) is 0 Å². The van der Waals surface area contributed by atoms with Crippen molar-refractivity contribution >= 4 is 11.4 Å². The monoisotopic (exact) mass is 267 g/mol. The van der Waals surface area contributed by atoms with E-state index in [1.165, 1.54) is 6.07 Å². The van der Waals surface area contributed by atoms with Gasteiger partial charge in [-0.05, 0) is 44.6 Å². The Morgan fingerprint density at radius 3 is 2.37 bits per heavy atom. The second kappa shape index (κ2) is 6.75. The average molecular weight is 267 g/mol. The number of nitrogens with two attached hydrogens (primary N) is 1. The van der Waals surface area contributed by atoms with Gasteiger partial charge in [0.05, 0.1) is 11.4 Å². The largest absolute Gasteiger partial charge is 0.397 e. The maximum absolute atomic E-state index is 13.5. The third-order valence-corrected chi connectivity index (χ3v) is 3.05. The van der Waals surface area contributed by atoms with Crippen LogP contribution in [-0.4, -0.2) is 38.6 Å². The van der Waals surface area contributed by atoms with Crippen LogP contribution >= 0.6 is 0 Å². The predicted octanol–water partition coefficient (Wildman–Crippen LogP) is 2.74. The van der Waals surface area contributed by atoms with Crippen molar-refractivity contribution in [2.24, 2.45) is 5.92 Å². The quantitative estimate of drug-likeness (QED) is 0.804. The van der Waals surface area contributed by atoms with Crippen LogP contribution < -0.4 is 10.6 Å². The van der Waals surface area contributed by atoms with Crippen LogP contribution in [0.1, 0.15) is 19.4 Å². The molecule has 0 saturated carbocycles. The van der Waals surface area contributed by atoms with E-state index in [1.54, 1.807) is 6.92 Å². The van der Waals surface area contributed by atoms with Gasteiger partial charge >= 0.3 is 0 Å². The summed E-state index contributed by atoms with van der Waals surface area (Å²) in [6, 6.07) is 3.27. The summed E-state index contributed by atoms with van der Waals surface area (Å²) in [6.45, 7) is 8.88. The molecule has 0 bridgehead atoms. The molecule has 1 rings (SSSR count). The van der Waals surface area contributed by atoms with Crippen molar-refractivity contribution in [2.45, 2.75) is 20.8 Å². The van der Waals surface area contributed by atoms with E-state index in [2.05, 4.69) is 23.6 Å². The number of anilines is 2. The predicted molar refractivity (Wildman–Crippen MR) is 81.2 cm³/mol. The first-order chi connectivity index (χ1) is 8.81. The molecule has 3 nitrogen and oxygen atoms in total. The highest BCUT2D eigenvalue weighted by Gasteiger charge is 2.14. The minimum Gasteiger partial charge on any atom is -0.397 e. The van der Waals surface area contributed by atoms with Gasteiger partial charge in [-0.1, -0.05) is 13.8 Å². The van der Waals surface area contributed by atoms with E-state index < -0.39 is 0 Å². The number of aryl methyl sites for hydroxylation is 1. The van der Waals surface area contributed by atoms with Gasteiger partial charge in [-0.15, -0.1) is 0 Å². The average Bonchev–Trinajstić information content (AvgIpc) is 2.29. The summed E-state index contributed by atoms with van der Waals surface area (Å²) in [5, 5.41) is 0. The molecular weight excluding hydrogens is 241 g/mol. The van der Waals surface area contributed by atoms with Crippen molar-refractivity contribution in [3.8, 4) is 0 Å². The van der Waals surface area contributed by atoms with Gasteiger partial charge in [0.15, 0.2) is 0 Å². The van der Waals surface area contributed by atoms with Crippen molar-refractivity contribution in [2.75, 3.05) is 44.4 Å². The van der Waals surface area contributed by atoms with Crippen LogP contribution in [0.3, 0.4) is 0 Å². The van der Waals surface area contributed by atoms with Gasteiger partial charge in [0.2, 0.25) is 0 Å². The molecule has 1 aromatic rings. The number of likely N-dealkylation sites (N-methyl/N-ethyl adjacent to an activating group) is 1. The van der Waals surface area contributed by atoms with Gasteiger partial charge in [0.25, 0.3) is 0 Å². The number of nitrogens with zero attached hydrogens (tertiary/aromatic N) is 2. The van der Waals surface area contributed by atoms with Crippen LogP contribution in [0, 0.1) is 18.7 Å². The number of hydrogen-bond acceptors (Lipinski definition) is 3. The highest BCUT2D eigenvalue weighted by atomic mass is 19.1. The highest BCUT2D eigenvalue weighted by Crippen LogP contribution is 2.27. The molecular formula is C15H26FN3. The summed E-state index contributed by atoms with van der Waals surface area (Å²) in [5.41, 5.74) is 8.08. The molecule has 0 unspecified atom stereocenters. The number of rotatable bonds is 6. The SMILES string of the molecule is Cc1cc(N(CCN(C)C)CC(C)C)c(N)cc1F. The van der Waals surface area contributed by atoms with E-state index in [0.717, 1.165) is 25.3 Å². The first kappa shape index (κ1) is 15.8. The van der Waals surface area contributed by atoms with Crippen molar-refractivity contribution in [3.05, 3.63) is 23.5 Å². The Kier molecular flexibility index (Phi) is 5.60. The summed E-state index contributed by atoms with van der Waals surface area (Å²) in [6.07, 6.45) is 0. The maximum Gasteiger partial charge on any atom is 0.128 e. The fourth-order valence-corrected chi connectivity index (χ4v) is 2.03. The Morgan fingerprint density at radius 2 is 1.84 bits per heavy atom. The highest BCUT2D eigenvalue weighted by molar-refractivity contribution is 5.68. The van der Waals surface area contributed by atoms with E-state index in [-0.39, 0.29) is 5.82 Å². The number of nitrogen functional groups attached to an aromatic ring is 1. The van der Waals surface area contributed by atoms with E-state index >= 15 is 0 Å². The fourth-order valence-electron chi connectivity index (χ4n) is 2.03. The number of hydrogen-bond donors (Lipinski definition) is 1. The van der Waals surface area contributed by atoms with Crippen LogP contribution in [0.5, 0.6) is 0 Å². The third-order valence-electron chi connectivity index (χ3n) is 3.05. The zero-order chi connectivity index (χ0) is 14.6. The van der Waals surface area contributed by atoms with Crippen LogP contribution in [0.25, 0.3) is 0 Å². The molecule has 19 heavy (non-hydrogen) atoms. The normalized spacial score (nSPS) is 11.4. The molecule has 0 saturated heterocycles. The molecule has 0 amide bonds. The van der Waals surface area contributed by atoms with Gasteiger partial charge < -0.3 is 15.5 Å². The zero-order valence-electron chi connectivity index (χ0n) is 12.7. The van der Waals surface area contributed by atoms with E-state index in [4.69, 9.17) is 5.73 Å². The Labute approximate surface area is 116 Å². The van der Waals surface area contributed by atoms with Gasteiger partial charge in [-0.25, -0.2) is 4.39 Å². The number of benzene rings is 1. The molecule has 0 heterocycles. The third kappa shape index (κ3) is 4.71. The van der Waals surface area contributed by atoms with E-state index in [1.807, 2.05) is 20.2 Å². The molecule has 0 atom stereocenters.